The Morgan fingerprint density at radius 1 is 1.07 bits per heavy atom. The monoisotopic (exact) mass is 212 g/mol. The van der Waals surface area contributed by atoms with Crippen molar-refractivity contribution >= 4 is 0 Å². The van der Waals surface area contributed by atoms with Crippen molar-refractivity contribution in [1.82, 2.24) is 0 Å². The quantitative estimate of drug-likeness (QED) is 0.812. The molecule has 3 heteroatoms. The Morgan fingerprint density at radius 3 is 2.07 bits per heavy atom. The molecule has 1 N–H and O–H groups in total. The van der Waals surface area contributed by atoms with E-state index in [1.807, 2.05) is 44.2 Å². The molecule has 15 heavy (non-hydrogen) atoms. The number of ether oxygens (including phenoxy) is 2. The first-order valence-corrected chi connectivity index (χ1v) is 5.21. The molecule has 0 saturated heterocycles. The minimum Gasteiger partial charge on any atom is -0.491 e. The number of benzene rings is 1. The summed E-state index contributed by atoms with van der Waals surface area (Å²) < 4.78 is 9.94. The maximum Gasteiger partial charge on any atom is 0.119 e. The van der Waals surface area contributed by atoms with Gasteiger partial charge in [-0.15, -0.1) is 0 Å². The molecule has 3 nitrogen and oxygen atoms in total. The molecule has 0 saturated carbocycles. The Kier molecular flexibility index (Phi) is 10.2. The van der Waals surface area contributed by atoms with Gasteiger partial charge in [0.25, 0.3) is 0 Å². The number of aliphatic hydroxyl groups is 1. The molecule has 0 amide bonds. The Labute approximate surface area is 91.6 Å². The van der Waals surface area contributed by atoms with Crippen LogP contribution in [-0.4, -0.2) is 31.5 Å². The molecular weight excluding hydrogens is 192 g/mol. The third kappa shape index (κ3) is 9.25. The second-order valence-corrected chi connectivity index (χ2v) is 2.67. The second-order valence-electron chi connectivity index (χ2n) is 2.67. The van der Waals surface area contributed by atoms with E-state index in [9.17, 15) is 0 Å². The minimum absolute atomic E-state index is 0.0644. The molecule has 0 aliphatic rings. The lowest BCUT2D eigenvalue weighted by Gasteiger charge is -2.01. The van der Waals surface area contributed by atoms with Gasteiger partial charge in [-0.25, -0.2) is 0 Å². The number of para-hydroxylation sites is 1. The van der Waals surface area contributed by atoms with Gasteiger partial charge in [0, 0.05) is 13.2 Å². The average Bonchev–Trinajstić information content (AvgIpc) is 2.30. The van der Waals surface area contributed by atoms with Crippen LogP contribution in [0.25, 0.3) is 0 Å². The van der Waals surface area contributed by atoms with Gasteiger partial charge in [-0.05, 0) is 26.0 Å². The largest absolute Gasteiger partial charge is 0.491 e. The summed E-state index contributed by atoms with van der Waals surface area (Å²) >= 11 is 0. The molecule has 0 aromatic heterocycles. The van der Waals surface area contributed by atoms with Crippen molar-refractivity contribution in [2.24, 2.45) is 0 Å². The van der Waals surface area contributed by atoms with Crippen molar-refractivity contribution in [2.75, 3.05) is 26.4 Å². The average molecular weight is 212 g/mol. The van der Waals surface area contributed by atoms with Gasteiger partial charge in [0.2, 0.25) is 0 Å². The SMILES string of the molecule is CCOCC.OCCOc1ccccc1. The van der Waals surface area contributed by atoms with Crippen molar-refractivity contribution in [3.8, 4) is 5.75 Å². The molecule has 0 atom stereocenters. The second kappa shape index (κ2) is 11.0. The Balaban J connectivity index is 0.000000336. The molecule has 1 aromatic carbocycles. The van der Waals surface area contributed by atoms with E-state index in [-0.39, 0.29) is 6.61 Å². The number of aliphatic hydroxyl groups excluding tert-OH is 1. The highest BCUT2D eigenvalue weighted by atomic mass is 16.5. The van der Waals surface area contributed by atoms with Crippen LogP contribution in [0.1, 0.15) is 13.8 Å². The zero-order chi connectivity index (χ0) is 11.4. The van der Waals surface area contributed by atoms with Gasteiger partial charge in [-0.3, -0.25) is 0 Å². The predicted octanol–water partition coefficient (Wildman–Crippen LogP) is 2.10. The normalized spacial score (nSPS) is 9.00. The van der Waals surface area contributed by atoms with E-state index in [4.69, 9.17) is 14.6 Å². The van der Waals surface area contributed by atoms with Gasteiger partial charge in [0.1, 0.15) is 12.4 Å². The number of hydrogen-bond acceptors (Lipinski definition) is 3. The zero-order valence-electron chi connectivity index (χ0n) is 9.48. The van der Waals surface area contributed by atoms with Gasteiger partial charge in [-0.1, -0.05) is 18.2 Å². The van der Waals surface area contributed by atoms with Crippen molar-refractivity contribution in [3.05, 3.63) is 30.3 Å². The number of hydrogen-bond donors (Lipinski definition) is 1. The van der Waals surface area contributed by atoms with Crippen molar-refractivity contribution in [2.45, 2.75) is 13.8 Å². The van der Waals surface area contributed by atoms with Crippen LogP contribution in [0.2, 0.25) is 0 Å². The van der Waals surface area contributed by atoms with Crippen molar-refractivity contribution in [3.63, 3.8) is 0 Å². The predicted molar refractivity (Wildman–Crippen MR) is 61.2 cm³/mol. The van der Waals surface area contributed by atoms with E-state index in [0.29, 0.717) is 6.61 Å². The van der Waals surface area contributed by atoms with Crippen LogP contribution in [0.15, 0.2) is 30.3 Å². The van der Waals surface area contributed by atoms with Crippen molar-refractivity contribution in [1.29, 1.82) is 0 Å². The van der Waals surface area contributed by atoms with Crippen LogP contribution in [0.4, 0.5) is 0 Å². The molecule has 0 aliphatic carbocycles. The highest BCUT2D eigenvalue weighted by Crippen LogP contribution is 2.06. The molecule has 0 aliphatic heterocycles. The van der Waals surface area contributed by atoms with Crippen molar-refractivity contribution < 1.29 is 14.6 Å². The molecule has 0 heterocycles. The maximum absolute atomic E-state index is 8.40. The molecule has 1 rings (SSSR count). The fraction of sp³-hybridized carbons (Fsp3) is 0.500. The highest BCUT2D eigenvalue weighted by molar-refractivity contribution is 5.20. The van der Waals surface area contributed by atoms with Gasteiger partial charge < -0.3 is 14.6 Å². The summed E-state index contributed by atoms with van der Waals surface area (Å²) in [5, 5.41) is 8.40. The first-order valence-electron chi connectivity index (χ1n) is 5.21. The van der Waals surface area contributed by atoms with E-state index in [0.717, 1.165) is 19.0 Å². The maximum atomic E-state index is 8.40. The summed E-state index contributed by atoms with van der Waals surface area (Å²) in [6.45, 7) is 6.10. The molecule has 86 valence electrons. The molecule has 0 unspecified atom stereocenters. The van der Waals surface area contributed by atoms with Crippen LogP contribution in [0.3, 0.4) is 0 Å². The molecular formula is C12H20O3. The van der Waals surface area contributed by atoms with Crippen LogP contribution in [-0.2, 0) is 4.74 Å². The molecule has 1 aromatic rings. The zero-order valence-corrected chi connectivity index (χ0v) is 9.48. The molecule has 0 fully saturated rings. The van der Waals surface area contributed by atoms with Crippen LogP contribution in [0, 0.1) is 0 Å². The summed E-state index contributed by atoms with van der Waals surface area (Å²) in [6, 6.07) is 9.43. The lowest BCUT2D eigenvalue weighted by molar-refractivity contribution is 0.162. The van der Waals surface area contributed by atoms with E-state index in [1.54, 1.807) is 0 Å². The topological polar surface area (TPSA) is 38.7 Å². The van der Waals surface area contributed by atoms with Crippen LogP contribution < -0.4 is 4.74 Å². The van der Waals surface area contributed by atoms with E-state index >= 15 is 0 Å². The fourth-order valence-electron chi connectivity index (χ4n) is 0.884. The first-order chi connectivity index (χ1) is 7.35. The molecule has 0 radical (unpaired) electrons. The van der Waals surface area contributed by atoms with E-state index in [2.05, 4.69) is 0 Å². The Morgan fingerprint density at radius 2 is 1.67 bits per heavy atom. The van der Waals surface area contributed by atoms with Gasteiger partial charge in [-0.2, -0.15) is 0 Å². The Hall–Kier alpha value is -1.06. The summed E-state index contributed by atoms with van der Waals surface area (Å²) in [4.78, 5) is 0. The first kappa shape index (κ1) is 13.9. The molecule has 0 spiro atoms. The minimum atomic E-state index is 0.0644. The highest BCUT2D eigenvalue weighted by Gasteiger charge is 1.86. The van der Waals surface area contributed by atoms with Crippen LogP contribution >= 0.6 is 0 Å². The fourth-order valence-corrected chi connectivity index (χ4v) is 0.884. The lowest BCUT2D eigenvalue weighted by atomic mass is 10.3. The number of rotatable bonds is 5. The van der Waals surface area contributed by atoms with Gasteiger partial charge in [0.05, 0.1) is 6.61 Å². The smallest absolute Gasteiger partial charge is 0.119 e. The molecule has 0 bridgehead atoms. The van der Waals surface area contributed by atoms with E-state index < -0.39 is 0 Å². The van der Waals surface area contributed by atoms with Gasteiger partial charge in [0.15, 0.2) is 0 Å². The summed E-state index contributed by atoms with van der Waals surface area (Å²) in [5.41, 5.74) is 0. The standard InChI is InChI=1S/C8H10O2.C4H10O/c9-6-7-10-8-4-2-1-3-5-8;1-3-5-4-2/h1-5,9H,6-7H2;3-4H2,1-2H3. The van der Waals surface area contributed by atoms with E-state index in [1.165, 1.54) is 0 Å². The summed E-state index contributed by atoms with van der Waals surface area (Å²) in [5.74, 6) is 0.802. The third-order valence-corrected chi connectivity index (χ3v) is 1.51. The van der Waals surface area contributed by atoms with Crippen LogP contribution in [0.5, 0.6) is 5.75 Å². The summed E-state index contributed by atoms with van der Waals surface area (Å²) in [6.07, 6.45) is 0. The lowest BCUT2D eigenvalue weighted by Crippen LogP contribution is -2.00. The van der Waals surface area contributed by atoms with Gasteiger partial charge >= 0.3 is 0 Å². The Bertz CT molecular complexity index is 209. The summed E-state index contributed by atoms with van der Waals surface area (Å²) in [7, 11) is 0. The third-order valence-electron chi connectivity index (χ3n) is 1.51.